The van der Waals surface area contributed by atoms with Gasteiger partial charge in [-0.2, -0.15) is 0 Å². The molecule has 0 aliphatic carbocycles. The van der Waals surface area contributed by atoms with Gasteiger partial charge in [-0.3, -0.25) is 0 Å². The maximum absolute atomic E-state index is 5.16. The first-order valence-electron chi connectivity index (χ1n) is 7.66. The van der Waals surface area contributed by atoms with Gasteiger partial charge >= 0.3 is 0 Å². The zero-order chi connectivity index (χ0) is 16.2. The van der Waals surface area contributed by atoms with E-state index in [9.17, 15) is 0 Å². The quantitative estimate of drug-likeness (QED) is 0.516. The average molecular weight is 320 g/mol. The molecule has 0 radical (unpaired) electrons. The molecule has 3 aromatic rings. The van der Waals surface area contributed by atoms with Crippen molar-refractivity contribution < 1.29 is 4.74 Å². The summed E-state index contributed by atoms with van der Waals surface area (Å²) >= 11 is 1.87. The third-order valence-corrected chi connectivity index (χ3v) is 5.18. The highest BCUT2D eigenvalue weighted by Crippen LogP contribution is 2.30. The van der Waals surface area contributed by atoms with Gasteiger partial charge in [-0.05, 0) is 54.1 Å². The van der Waals surface area contributed by atoms with E-state index < -0.39 is 0 Å². The summed E-state index contributed by atoms with van der Waals surface area (Å²) in [5, 5.41) is 1.37. The fourth-order valence-electron chi connectivity index (χ4n) is 2.52. The average Bonchev–Trinajstić information content (AvgIpc) is 2.86. The van der Waals surface area contributed by atoms with Crippen molar-refractivity contribution in [1.82, 2.24) is 0 Å². The lowest BCUT2D eigenvalue weighted by Gasteiger charge is -1.98. The van der Waals surface area contributed by atoms with E-state index in [-0.39, 0.29) is 0 Å². The molecule has 116 valence electrons. The van der Waals surface area contributed by atoms with Gasteiger partial charge in [-0.15, -0.1) is 11.3 Å². The summed E-state index contributed by atoms with van der Waals surface area (Å²) in [5.74, 6) is 0.882. The van der Waals surface area contributed by atoms with Crippen molar-refractivity contribution in [2.24, 2.45) is 0 Å². The predicted octanol–water partition coefficient (Wildman–Crippen LogP) is 6.25. The lowest BCUT2D eigenvalue weighted by Crippen LogP contribution is -1.81. The van der Waals surface area contributed by atoms with Crippen LogP contribution in [0.2, 0.25) is 0 Å². The molecule has 0 amide bonds. The van der Waals surface area contributed by atoms with E-state index in [0.29, 0.717) is 0 Å². The van der Waals surface area contributed by atoms with Crippen LogP contribution in [-0.4, -0.2) is 7.11 Å². The van der Waals surface area contributed by atoms with Crippen LogP contribution in [0, 0.1) is 13.8 Å². The fourth-order valence-corrected chi connectivity index (χ4v) is 3.64. The van der Waals surface area contributed by atoms with Crippen molar-refractivity contribution >= 4 is 33.6 Å². The molecule has 1 heterocycles. The van der Waals surface area contributed by atoms with E-state index in [1.807, 2.05) is 35.6 Å². The number of allylic oxidation sites excluding steroid dienone is 2. The van der Waals surface area contributed by atoms with Crippen molar-refractivity contribution in [1.29, 1.82) is 0 Å². The summed E-state index contributed by atoms with van der Waals surface area (Å²) < 4.78 is 6.52. The number of methoxy groups -OCH3 is 1. The molecule has 0 saturated carbocycles. The number of aryl methyl sites for hydroxylation is 2. The van der Waals surface area contributed by atoms with Crippen LogP contribution in [0.1, 0.15) is 21.6 Å². The van der Waals surface area contributed by atoms with Gasteiger partial charge in [0.25, 0.3) is 0 Å². The zero-order valence-electron chi connectivity index (χ0n) is 13.7. The first-order valence-corrected chi connectivity index (χ1v) is 8.47. The Morgan fingerprint density at radius 1 is 0.870 bits per heavy atom. The van der Waals surface area contributed by atoms with E-state index >= 15 is 0 Å². The molecular formula is C21H20OS. The second-order valence-corrected chi connectivity index (χ2v) is 6.79. The molecule has 2 heteroatoms. The van der Waals surface area contributed by atoms with Crippen molar-refractivity contribution in [3.8, 4) is 5.75 Å². The summed E-state index contributed by atoms with van der Waals surface area (Å²) in [6.45, 7) is 4.38. The van der Waals surface area contributed by atoms with Gasteiger partial charge < -0.3 is 4.74 Å². The number of fused-ring (bicyclic) bond motifs is 1. The number of thiophene rings is 1. The Bertz CT molecular complexity index is 867. The standard InChI is InChI=1S/C21H20OS/c1-15-16(2)23-21-14-18(10-13-20(15)21)7-5-4-6-17-8-11-19(22-3)12-9-17/h4-14H,1-3H3/b6-4+,7-5+. The van der Waals surface area contributed by atoms with E-state index in [2.05, 4.69) is 56.4 Å². The molecule has 2 aromatic carbocycles. The largest absolute Gasteiger partial charge is 0.497 e. The van der Waals surface area contributed by atoms with E-state index in [0.717, 1.165) is 11.3 Å². The normalized spacial score (nSPS) is 11.8. The summed E-state index contributed by atoms with van der Waals surface area (Å²) in [4.78, 5) is 1.40. The Morgan fingerprint density at radius 3 is 2.22 bits per heavy atom. The Morgan fingerprint density at radius 2 is 1.52 bits per heavy atom. The number of benzene rings is 2. The minimum absolute atomic E-state index is 0.882. The molecule has 23 heavy (non-hydrogen) atoms. The van der Waals surface area contributed by atoms with Crippen LogP contribution in [0.5, 0.6) is 5.75 Å². The van der Waals surface area contributed by atoms with Gasteiger partial charge in [-0.1, -0.05) is 48.6 Å². The SMILES string of the molecule is COc1ccc(/C=C/C=C/c2ccc3c(C)c(C)sc3c2)cc1. The molecule has 0 atom stereocenters. The van der Waals surface area contributed by atoms with Crippen LogP contribution < -0.4 is 4.74 Å². The van der Waals surface area contributed by atoms with Crippen LogP contribution in [-0.2, 0) is 0 Å². The van der Waals surface area contributed by atoms with Gasteiger partial charge in [-0.25, -0.2) is 0 Å². The molecule has 3 rings (SSSR count). The fraction of sp³-hybridized carbons (Fsp3) is 0.143. The van der Waals surface area contributed by atoms with Crippen LogP contribution >= 0.6 is 11.3 Å². The summed E-state index contributed by atoms with van der Waals surface area (Å²) in [5.41, 5.74) is 3.80. The topological polar surface area (TPSA) is 9.23 Å². The molecule has 0 bridgehead atoms. The molecule has 0 unspecified atom stereocenters. The first-order chi connectivity index (χ1) is 11.2. The summed E-state index contributed by atoms with van der Waals surface area (Å²) in [6, 6.07) is 14.7. The monoisotopic (exact) mass is 320 g/mol. The van der Waals surface area contributed by atoms with Crippen molar-refractivity contribution in [2.45, 2.75) is 13.8 Å². The molecule has 0 spiro atoms. The highest BCUT2D eigenvalue weighted by Gasteiger charge is 2.04. The van der Waals surface area contributed by atoms with Gasteiger partial charge in [0, 0.05) is 9.58 Å². The molecule has 0 fully saturated rings. The minimum atomic E-state index is 0.882. The molecule has 1 aromatic heterocycles. The third-order valence-electron chi connectivity index (χ3n) is 4.01. The minimum Gasteiger partial charge on any atom is -0.497 e. The van der Waals surface area contributed by atoms with Gasteiger partial charge in [0.2, 0.25) is 0 Å². The molecule has 0 saturated heterocycles. The van der Waals surface area contributed by atoms with Crippen LogP contribution in [0.15, 0.2) is 54.6 Å². The lowest BCUT2D eigenvalue weighted by atomic mass is 10.1. The van der Waals surface area contributed by atoms with E-state index in [4.69, 9.17) is 4.74 Å². The Kier molecular flexibility index (Phi) is 4.63. The lowest BCUT2D eigenvalue weighted by molar-refractivity contribution is 0.415. The van der Waals surface area contributed by atoms with Crippen LogP contribution in [0.25, 0.3) is 22.2 Å². The van der Waals surface area contributed by atoms with E-state index in [1.165, 1.54) is 26.1 Å². The Hall–Kier alpha value is -2.32. The van der Waals surface area contributed by atoms with Crippen molar-refractivity contribution in [2.75, 3.05) is 7.11 Å². The number of rotatable bonds is 4. The number of hydrogen-bond acceptors (Lipinski definition) is 2. The van der Waals surface area contributed by atoms with Gasteiger partial charge in [0.15, 0.2) is 0 Å². The molecule has 0 N–H and O–H groups in total. The van der Waals surface area contributed by atoms with Gasteiger partial charge in [0.05, 0.1) is 7.11 Å². The van der Waals surface area contributed by atoms with Crippen LogP contribution in [0.4, 0.5) is 0 Å². The third kappa shape index (κ3) is 3.54. The van der Waals surface area contributed by atoms with Gasteiger partial charge in [0.1, 0.15) is 5.75 Å². The molecule has 1 nitrogen and oxygen atoms in total. The Labute approximate surface area is 141 Å². The number of ether oxygens (including phenoxy) is 1. The maximum Gasteiger partial charge on any atom is 0.118 e. The number of hydrogen-bond donors (Lipinski definition) is 0. The highest BCUT2D eigenvalue weighted by atomic mass is 32.1. The smallest absolute Gasteiger partial charge is 0.118 e. The van der Waals surface area contributed by atoms with E-state index in [1.54, 1.807) is 7.11 Å². The molecular weight excluding hydrogens is 300 g/mol. The predicted molar refractivity (Wildman–Crippen MR) is 102 cm³/mol. The zero-order valence-corrected chi connectivity index (χ0v) is 14.5. The van der Waals surface area contributed by atoms with Crippen molar-refractivity contribution in [3.05, 3.63) is 76.2 Å². The molecule has 0 aliphatic rings. The Balaban J connectivity index is 1.73. The highest BCUT2D eigenvalue weighted by molar-refractivity contribution is 7.19. The second kappa shape index (κ2) is 6.84. The first kappa shape index (κ1) is 15.6. The summed E-state index contributed by atoms with van der Waals surface area (Å²) in [7, 11) is 1.68. The maximum atomic E-state index is 5.16. The van der Waals surface area contributed by atoms with Crippen LogP contribution in [0.3, 0.4) is 0 Å². The van der Waals surface area contributed by atoms with Crippen molar-refractivity contribution in [3.63, 3.8) is 0 Å². The molecule has 0 aliphatic heterocycles. The summed E-state index contributed by atoms with van der Waals surface area (Å²) in [6.07, 6.45) is 8.38. The second-order valence-electron chi connectivity index (χ2n) is 5.53.